The zero-order valence-corrected chi connectivity index (χ0v) is 18.2. The van der Waals surface area contributed by atoms with Crippen LogP contribution >= 0.6 is 0 Å². The monoisotopic (exact) mass is 468 g/mol. The van der Waals surface area contributed by atoms with E-state index in [0.29, 0.717) is 21.5 Å². The molecule has 0 unspecified atom stereocenters. The molecule has 0 radical (unpaired) electrons. The first-order valence-electron chi connectivity index (χ1n) is 10.1. The molecule has 11 heteroatoms. The Labute approximate surface area is 191 Å². The second-order valence-corrected chi connectivity index (χ2v) is 7.65. The van der Waals surface area contributed by atoms with Crippen LogP contribution in [0.5, 0.6) is 0 Å². The Morgan fingerprint density at radius 3 is 2.56 bits per heavy atom. The number of nitrogens with one attached hydrogen (secondary N) is 1. The SMILES string of the molecule is Cc1ccc(-c2cc(C(=O)NCc3ccn(C)c(=O)c3)cc(-n3ncnc3C(F)(F)F)c2)nc1. The smallest absolute Gasteiger partial charge is 0.348 e. The van der Waals surface area contributed by atoms with Crippen molar-refractivity contribution in [2.75, 3.05) is 0 Å². The van der Waals surface area contributed by atoms with Crippen molar-refractivity contribution in [2.45, 2.75) is 19.6 Å². The number of hydrogen-bond donors (Lipinski definition) is 1. The van der Waals surface area contributed by atoms with Crippen molar-refractivity contribution in [3.8, 4) is 16.9 Å². The van der Waals surface area contributed by atoms with Gasteiger partial charge in [0.05, 0.1) is 11.4 Å². The first-order valence-corrected chi connectivity index (χ1v) is 10.1. The Balaban J connectivity index is 1.73. The zero-order valence-electron chi connectivity index (χ0n) is 18.2. The summed E-state index contributed by atoms with van der Waals surface area (Å²) in [4.78, 5) is 32.4. The molecule has 8 nitrogen and oxygen atoms in total. The lowest BCUT2D eigenvalue weighted by atomic mass is 10.0. The minimum Gasteiger partial charge on any atom is -0.348 e. The van der Waals surface area contributed by atoms with Gasteiger partial charge in [-0.1, -0.05) is 6.07 Å². The molecular weight excluding hydrogens is 449 g/mol. The third-order valence-electron chi connectivity index (χ3n) is 5.05. The summed E-state index contributed by atoms with van der Waals surface area (Å²) in [5.74, 6) is -1.75. The Kier molecular flexibility index (Phi) is 6.01. The first kappa shape index (κ1) is 22.9. The van der Waals surface area contributed by atoms with Gasteiger partial charge in [-0.2, -0.15) is 18.3 Å². The van der Waals surface area contributed by atoms with Crippen molar-refractivity contribution in [3.05, 3.63) is 94.1 Å². The maximum atomic E-state index is 13.4. The van der Waals surface area contributed by atoms with Crippen molar-refractivity contribution in [1.82, 2.24) is 29.6 Å². The molecule has 1 N–H and O–H groups in total. The summed E-state index contributed by atoms with van der Waals surface area (Å²) < 4.78 is 42.3. The summed E-state index contributed by atoms with van der Waals surface area (Å²) >= 11 is 0. The maximum Gasteiger partial charge on any atom is 0.451 e. The number of rotatable bonds is 5. The second-order valence-electron chi connectivity index (χ2n) is 7.65. The van der Waals surface area contributed by atoms with Crippen LogP contribution in [0.3, 0.4) is 0 Å². The average Bonchev–Trinajstić information content (AvgIpc) is 3.31. The number of alkyl halides is 3. The molecule has 0 aliphatic carbocycles. The summed E-state index contributed by atoms with van der Waals surface area (Å²) in [5, 5.41) is 6.40. The third-order valence-corrected chi connectivity index (χ3v) is 5.05. The van der Waals surface area contributed by atoms with E-state index in [-0.39, 0.29) is 23.4 Å². The van der Waals surface area contributed by atoms with Crippen LogP contribution in [0.25, 0.3) is 16.9 Å². The zero-order chi connectivity index (χ0) is 24.5. The van der Waals surface area contributed by atoms with Gasteiger partial charge in [0.2, 0.25) is 5.82 Å². The number of carbonyl (C=O) groups excluding carboxylic acids is 1. The van der Waals surface area contributed by atoms with E-state index in [1.165, 1.54) is 28.8 Å². The molecule has 4 rings (SSSR count). The van der Waals surface area contributed by atoms with Gasteiger partial charge in [0, 0.05) is 43.2 Å². The van der Waals surface area contributed by atoms with Crippen LogP contribution in [-0.2, 0) is 19.8 Å². The predicted octanol–water partition coefficient (Wildman–Crippen LogP) is 3.29. The van der Waals surface area contributed by atoms with Gasteiger partial charge in [0.15, 0.2) is 0 Å². The molecule has 0 saturated carbocycles. The predicted molar refractivity (Wildman–Crippen MR) is 117 cm³/mol. The summed E-state index contributed by atoms with van der Waals surface area (Å²) in [6.45, 7) is 1.92. The molecule has 0 saturated heterocycles. The van der Waals surface area contributed by atoms with Crippen LogP contribution in [0.1, 0.15) is 27.3 Å². The summed E-state index contributed by atoms with van der Waals surface area (Å²) in [6, 6.07) is 10.9. The van der Waals surface area contributed by atoms with E-state index in [1.807, 2.05) is 6.92 Å². The van der Waals surface area contributed by atoms with Gasteiger partial charge in [0.1, 0.15) is 6.33 Å². The molecule has 0 fully saturated rings. The van der Waals surface area contributed by atoms with Crippen LogP contribution < -0.4 is 10.9 Å². The summed E-state index contributed by atoms with van der Waals surface area (Å²) in [7, 11) is 1.61. The van der Waals surface area contributed by atoms with Crippen LogP contribution in [0.2, 0.25) is 0 Å². The molecule has 1 aromatic carbocycles. The number of aromatic nitrogens is 5. The number of aryl methyl sites for hydroxylation is 2. The number of nitrogens with zero attached hydrogens (tertiary/aromatic N) is 5. The van der Waals surface area contributed by atoms with E-state index in [2.05, 4.69) is 20.4 Å². The molecule has 4 aromatic rings. The maximum absolute atomic E-state index is 13.4. The quantitative estimate of drug-likeness (QED) is 0.485. The minimum absolute atomic E-state index is 0.00318. The van der Waals surface area contributed by atoms with Gasteiger partial charge in [-0.25, -0.2) is 9.67 Å². The Bertz CT molecular complexity index is 1410. The standard InChI is InChI=1S/C23H19F3N6O2/c1-14-3-4-19(27-11-14)16-8-17(21(34)28-12-15-5-6-31(2)20(33)7-15)10-18(9-16)32-22(23(24,25)26)29-13-30-32/h3-11,13H,12H2,1-2H3,(H,28,34). The summed E-state index contributed by atoms with van der Waals surface area (Å²) in [6.07, 6.45) is -0.741. The highest BCUT2D eigenvalue weighted by Gasteiger charge is 2.37. The molecule has 174 valence electrons. The van der Waals surface area contributed by atoms with Gasteiger partial charge >= 0.3 is 6.18 Å². The van der Waals surface area contributed by atoms with E-state index in [0.717, 1.165) is 11.9 Å². The highest BCUT2D eigenvalue weighted by Crippen LogP contribution is 2.30. The lowest BCUT2D eigenvalue weighted by molar-refractivity contribution is -0.146. The summed E-state index contributed by atoms with van der Waals surface area (Å²) in [5.41, 5.74) is 2.27. The first-order chi connectivity index (χ1) is 16.1. The molecular formula is C23H19F3N6O2. The lowest BCUT2D eigenvalue weighted by Gasteiger charge is -2.13. The number of amides is 1. The van der Waals surface area contributed by atoms with E-state index < -0.39 is 17.9 Å². The van der Waals surface area contributed by atoms with E-state index >= 15 is 0 Å². The number of pyridine rings is 2. The highest BCUT2D eigenvalue weighted by atomic mass is 19.4. The number of halogens is 3. The number of carbonyl (C=O) groups is 1. The normalized spacial score (nSPS) is 11.4. The van der Waals surface area contributed by atoms with E-state index in [1.54, 1.807) is 37.6 Å². The van der Waals surface area contributed by atoms with Crippen molar-refractivity contribution in [3.63, 3.8) is 0 Å². The Morgan fingerprint density at radius 1 is 1.09 bits per heavy atom. The van der Waals surface area contributed by atoms with Crippen LogP contribution in [0.15, 0.2) is 66.0 Å². The van der Waals surface area contributed by atoms with Gasteiger partial charge in [-0.05, 0) is 48.4 Å². The Hall–Kier alpha value is -4.28. The molecule has 0 bridgehead atoms. The van der Waals surface area contributed by atoms with E-state index in [4.69, 9.17) is 0 Å². The molecule has 34 heavy (non-hydrogen) atoms. The fourth-order valence-electron chi connectivity index (χ4n) is 3.26. The molecule has 3 heterocycles. The average molecular weight is 468 g/mol. The fourth-order valence-corrected chi connectivity index (χ4v) is 3.26. The Morgan fingerprint density at radius 2 is 1.88 bits per heavy atom. The van der Waals surface area contributed by atoms with Gasteiger partial charge in [0.25, 0.3) is 11.5 Å². The third kappa shape index (κ3) is 4.87. The molecule has 3 aromatic heterocycles. The van der Waals surface area contributed by atoms with Crippen LogP contribution in [0, 0.1) is 6.92 Å². The number of benzene rings is 1. The van der Waals surface area contributed by atoms with Crippen molar-refractivity contribution in [2.24, 2.45) is 7.05 Å². The van der Waals surface area contributed by atoms with Crippen molar-refractivity contribution >= 4 is 5.91 Å². The molecule has 1 amide bonds. The van der Waals surface area contributed by atoms with Gasteiger partial charge < -0.3 is 9.88 Å². The fraction of sp³-hybridized carbons (Fsp3) is 0.174. The van der Waals surface area contributed by atoms with Crippen LogP contribution in [0.4, 0.5) is 13.2 Å². The van der Waals surface area contributed by atoms with Crippen molar-refractivity contribution in [1.29, 1.82) is 0 Å². The lowest BCUT2D eigenvalue weighted by Crippen LogP contribution is -2.25. The van der Waals surface area contributed by atoms with Gasteiger partial charge in [-0.15, -0.1) is 0 Å². The van der Waals surface area contributed by atoms with Gasteiger partial charge in [-0.3, -0.25) is 14.6 Å². The minimum atomic E-state index is -4.74. The molecule has 0 aliphatic heterocycles. The van der Waals surface area contributed by atoms with E-state index in [9.17, 15) is 22.8 Å². The highest BCUT2D eigenvalue weighted by molar-refractivity contribution is 5.96. The van der Waals surface area contributed by atoms with Crippen molar-refractivity contribution < 1.29 is 18.0 Å². The second kappa shape index (κ2) is 8.93. The molecule has 0 aliphatic rings. The number of hydrogen-bond acceptors (Lipinski definition) is 5. The topological polar surface area (TPSA) is 94.7 Å². The van der Waals surface area contributed by atoms with Crippen LogP contribution in [-0.4, -0.2) is 30.2 Å². The largest absolute Gasteiger partial charge is 0.451 e. The molecule has 0 atom stereocenters. The molecule has 0 spiro atoms.